The predicted octanol–water partition coefficient (Wildman–Crippen LogP) is 2.37. The van der Waals surface area contributed by atoms with Crippen LogP contribution in [-0.2, 0) is 6.54 Å². The summed E-state index contributed by atoms with van der Waals surface area (Å²) in [6.45, 7) is 4.35. The van der Waals surface area contributed by atoms with E-state index >= 15 is 0 Å². The Labute approximate surface area is 92.7 Å². The molecule has 0 bridgehead atoms. The largest absolute Gasteiger partial charge is 0.507 e. The van der Waals surface area contributed by atoms with Crippen LogP contribution in [0, 0.1) is 6.92 Å². The molecule has 0 aliphatic rings. The van der Waals surface area contributed by atoms with Crippen molar-refractivity contribution in [2.45, 2.75) is 20.4 Å². The van der Waals surface area contributed by atoms with Crippen molar-refractivity contribution in [2.24, 2.45) is 0 Å². The van der Waals surface area contributed by atoms with Gasteiger partial charge in [-0.2, -0.15) is 0 Å². The van der Waals surface area contributed by atoms with Crippen LogP contribution in [0.4, 0.5) is 0 Å². The van der Waals surface area contributed by atoms with Gasteiger partial charge in [-0.1, -0.05) is 6.07 Å². The summed E-state index contributed by atoms with van der Waals surface area (Å²) in [5.41, 5.74) is 1.96. The molecule has 0 atom stereocenters. The number of aromatic nitrogens is 1. The standard InChI is InChI=1S/C12H13NO3/c1-3-13-9(12(15)16)6-8-10(14)5-4-7(2)11(8)13/h4-6,14H,3H2,1-2H3,(H,15,16). The molecule has 0 unspecified atom stereocenters. The number of carboxylic acid groups (broad SMARTS) is 1. The number of aromatic hydroxyl groups is 1. The summed E-state index contributed by atoms with van der Waals surface area (Å²) < 4.78 is 1.70. The first-order chi connectivity index (χ1) is 7.56. The molecule has 0 spiro atoms. The monoisotopic (exact) mass is 219 g/mol. The van der Waals surface area contributed by atoms with Crippen LogP contribution in [0.25, 0.3) is 10.9 Å². The van der Waals surface area contributed by atoms with E-state index in [0.29, 0.717) is 11.9 Å². The summed E-state index contributed by atoms with van der Waals surface area (Å²) in [5, 5.41) is 19.4. The highest BCUT2D eigenvalue weighted by molar-refractivity contribution is 5.98. The van der Waals surface area contributed by atoms with E-state index in [4.69, 9.17) is 5.11 Å². The van der Waals surface area contributed by atoms with Crippen molar-refractivity contribution in [3.63, 3.8) is 0 Å². The van der Waals surface area contributed by atoms with Crippen LogP contribution in [0.15, 0.2) is 18.2 Å². The number of nitrogens with zero attached hydrogens (tertiary/aromatic N) is 1. The number of carbonyl (C=O) groups is 1. The number of carboxylic acids is 1. The molecule has 0 fully saturated rings. The zero-order chi connectivity index (χ0) is 11.9. The van der Waals surface area contributed by atoms with E-state index in [1.54, 1.807) is 16.7 Å². The SMILES string of the molecule is CCn1c(C(=O)O)cc2c(O)ccc(C)c21. The highest BCUT2D eigenvalue weighted by Crippen LogP contribution is 2.30. The van der Waals surface area contributed by atoms with Crippen molar-refractivity contribution in [1.29, 1.82) is 0 Å². The van der Waals surface area contributed by atoms with Crippen LogP contribution in [0.1, 0.15) is 23.0 Å². The quantitative estimate of drug-likeness (QED) is 0.815. The molecule has 0 saturated heterocycles. The van der Waals surface area contributed by atoms with Crippen molar-refractivity contribution in [3.8, 4) is 5.75 Å². The van der Waals surface area contributed by atoms with Crippen LogP contribution in [-0.4, -0.2) is 20.7 Å². The van der Waals surface area contributed by atoms with E-state index in [-0.39, 0.29) is 11.4 Å². The lowest BCUT2D eigenvalue weighted by Crippen LogP contribution is -2.07. The average molecular weight is 219 g/mol. The Kier molecular flexibility index (Phi) is 2.34. The van der Waals surface area contributed by atoms with E-state index in [2.05, 4.69) is 0 Å². The molecule has 1 heterocycles. The summed E-state index contributed by atoms with van der Waals surface area (Å²) in [7, 11) is 0. The molecular weight excluding hydrogens is 206 g/mol. The molecule has 0 aliphatic carbocycles. The van der Waals surface area contributed by atoms with E-state index in [1.807, 2.05) is 13.8 Å². The number of hydrogen-bond acceptors (Lipinski definition) is 2. The van der Waals surface area contributed by atoms with Crippen molar-refractivity contribution in [1.82, 2.24) is 4.57 Å². The first kappa shape index (κ1) is 10.5. The molecule has 2 N–H and O–H groups in total. The smallest absolute Gasteiger partial charge is 0.352 e. The molecule has 0 radical (unpaired) electrons. The van der Waals surface area contributed by atoms with E-state index < -0.39 is 5.97 Å². The van der Waals surface area contributed by atoms with Gasteiger partial charge >= 0.3 is 5.97 Å². The minimum atomic E-state index is -0.975. The fraction of sp³-hybridized carbons (Fsp3) is 0.250. The highest BCUT2D eigenvalue weighted by atomic mass is 16.4. The fourth-order valence-corrected chi connectivity index (χ4v) is 2.05. The Morgan fingerprint density at radius 3 is 2.69 bits per heavy atom. The maximum Gasteiger partial charge on any atom is 0.352 e. The molecular formula is C12H13NO3. The second-order valence-electron chi connectivity index (χ2n) is 3.74. The third kappa shape index (κ3) is 1.34. The van der Waals surface area contributed by atoms with E-state index in [1.165, 1.54) is 6.07 Å². The molecule has 0 aliphatic heterocycles. The maximum atomic E-state index is 11.1. The Hall–Kier alpha value is -1.97. The lowest BCUT2D eigenvalue weighted by molar-refractivity contribution is 0.0686. The molecule has 1 aromatic heterocycles. The van der Waals surface area contributed by atoms with Gasteiger partial charge in [0.15, 0.2) is 0 Å². The van der Waals surface area contributed by atoms with Crippen molar-refractivity contribution < 1.29 is 15.0 Å². The molecule has 84 valence electrons. The second kappa shape index (κ2) is 3.56. The zero-order valence-electron chi connectivity index (χ0n) is 9.19. The van der Waals surface area contributed by atoms with Crippen molar-refractivity contribution in [3.05, 3.63) is 29.5 Å². The average Bonchev–Trinajstić information content (AvgIpc) is 2.64. The summed E-state index contributed by atoms with van der Waals surface area (Å²) in [6.07, 6.45) is 0. The van der Waals surface area contributed by atoms with Crippen LogP contribution < -0.4 is 0 Å². The molecule has 2 rings (SSSR count). The molecule has 2 aromatic rings. The van der Waals surface area contributed by atoms with Crippen LogP contribution in [0.3, 0.4) is 0 Å². The molecule has 4 nitrogen and oxygen atoms in total. The number of phenols is 1. The van der Waals surface area contributed by atoms with Crippen LogP contribution >= 0.6 is 0 Å². The first-order valence-corrected chi connectivity index (χ1v) is 5.11. The number of hydrogen-bond donors (Lipinski definition) is 2. The number of aryl methyl sites for hydroxylation is 2. The van der Waals surface area contributed by atoms with Crippen LogP contribution in [0.2, 0.25) is 0 Å². The Balaban J connectivity index is 2.92. The van der Waals surface area contributed by atoms with Gasteiger partial charge in [-0.25, -0.2) is 4.79 Å². The van der Waals surface area contributed by atoms with Crippen LogP contribution in [0.5, 0.6) is 5.75 Å². The van der Waals surface area contributed by atoms with Crippen molar-refractivity contribution in [2.75, 3.05) is 0 Å². The third-order valence-electron chi connectivity index (χ3n) is 2.77. The third-order valence-corrected chi connectivity index (χ3v) is 2.77. The second-order valence-corrected chi connectivity index (χ2v) is 3.74. The fourth-order valence-electron chi connectivity index (χ4n) is 2.05. The number of benzene rings is 1. The van der Waals surface area contributed by atoms with Gasteiger partial charge in [0.25, 0.3) is 0 Å². The Morgan fingerprint density at radius 2 is 2.12 bits per heavy atom. The summed E-state index contributed by atoms with van der Waals surface area (Å²) in [6, 6.07) is 4.89. The normalized spacial score (nSPS) is 10.9. The molecule has 0 saturated carbocycles. The van der Waals surface area contributed by atoms with Gasteiger partial charge < -0.3 is 14.8 Å². The topological polar surface area (TPSA) is 62.5 Å². The van der Waals surface area contributed by atoms with Gasteiger partial charge in [-0.15, -0.1) is 0 Å². The summed E-state index contributed by atoms with van der Waals surface area (Å²) in [4.78, 5) is 11.1. The minimum Gasteiger partial charge on any atom is -0.507 e. The van der Waals surface area contributed by atoms with E-state index in [9.17, 15) is 9.90 Å². The summed E-state index contributed by atoms with van der Waals surface area (Å²) in [5.74, 6) is -0.854. The lowest BCUT2D eigenvalue weighted by atomic mass is 10.1. The van der Waals surface area contributed by atoms with E-state index in [0.717, 1.165) is 11.1 Å². The molecule has 4 heteroatoms. The van der Waals surface area contributed by atoms with Gasteiger partial charge in [-0.05, 0) is 31.5 Å². The van der Waals surface area contributed by atoms with Crippen molar-refractivity contribution >= 4 is 16.9 Å². The molecule has 16 heavy (non-hydrogen) atoms. The number of aromatic carboxylic acids is 1. The summed E-state index contributed by atoms with van der Waals surface area (Å²) >= 11 is 0. The number of phenolic OH excluding ortho intramolecular Hbond substituents is 1. The van der Waals surface area contributed by atoms with Gasteiger partial charge in [-0.3, -0.25) is 0 Å². The first-order valence-electron chi connectivity index (χ1n) is 5.11. The molecule has 0 amide bonds. The predicted molar refractivity (Wildman–Crippen MR) is 61.0 cm³/mol. The highest BCUT2D eigenvalue weighted by Gasteiger charge is 2.16. The maximum absolute atomic E-state index is 11.1. The minimum absolute atomic E-state index is 0.121. The van der Waals surface area contributed by atoms with Gasteiger partial charge in [0, 0.05) is 11.9 Å². The van der Waals surface area contributed by atoms with Gasteiger partial charge in [0.1, 0.15) is 11.4 Å². The molecule has 1 aromatic carbocycles. The lowest BCUT2D eigenvalue weighted by Gasteiger charge is -2.06. The number of rotatable bonds is 2. The Bertz CT molecular complexity index is 569. The zero-order valence-corrected chi connectivity index (χ0v) is 9.19. The Morgan fingerprint density at radius 1 is 1.44 bits per heavy atom. The van der Waals surface area contributed by atoms with Gasteiger partial charge in [0.05, 0.1) is 5.52 Å². The van der Waals surface area contributed by atoms with Gasteiger partial charge in [0.2, 0.25) is 0 Å². The number of fused-ring (bicyclic) bond motifs is 1.